The minimum atomic E-state index is -1.96. The van der Waals surface area contributed by atoms with Gasteiger partial charge in [0.1, 0.15) is 18.5 Å². The van der Waals surface area contributed by atoms with Gasteiger partial charge in [0, 0.05) is 12.8 Å². The Labute approximate surface area is 67.4 Å². The van der Waals surface area contributed by atoms with Gasteiger partial charge in [0.05, 0.1) is 11.9 Å². The summed E-state index contributed by atoms with van der Waals surface area (Å²) >= 11 is 0. The van der Waals surface area contributed by atoms with Gasteiger partial charge >= 0.3 is 0 Å². The Hall–Kier alpha value is -0.740. The number of hydrogen-bond donors (Lipinski definition) is 0. The van der Waals surface area contributed by atoms with Gasteiger partial charge in [-0.15, -0.1) is 0 Å². The smallest absolute Gasteiger partial charge is 0.114 e. The number of carboxylic acid groups (broad SMARTS) is 1. The minimum absolute atomic E-state index is 0.543. The van der Waals surface area contributed by atoms with Gasteiger partial charge in [0.15, 0.2) is 0 Å². The predicted molar refractivity (Wildman–Crippen MR) is 32.4 cm³/mol. The standard InChI is InChI=1S/C7H9F3O2/c8-3-1-4(9)6(7(11)12)5(10)2-3/h3-6H,1-2H2,(H,11,12)/p-1. The van der Waals surface area contributed by atoms with Gasteiger partial charge in [-0.25, -0.2) is 13.2 Å². The van der Waals surface area contributed by atoms with Crippen molar-refractivity contribution < 1.29 is 23.1 Å². The van der Waals surface area contributed by atoms with E-state index in [4.69, 9.17) is 0 Å². The van der Waals surface area contributed by atoms with E-state index in [1.165, 1.54) is 0 Å². The second-order valence-corrected chi connectivity index (χ2v) is 2.95. The molecule has 0 spiro atoms. The SMILES string of the molecule is O=C([O-])C1C(F)CC(F)CC1F. The number of hydrogen-bond acceptors (Lipinski definition) is 2. The largest absolute Gasteiger partial charge is 0.550 e. The molecule has 2 nitrogen and oxygen atoms in total. The maximum Gasteiger partial charge on any atom is 0.114 e. The van der Waals surface area contributed by atoms with Crippen LogP contribution in [0.1, 0.15) is 12.8 Å². The van der Waals surface area contributed by atoms with Crippen LogP contribution in [0.4, 0.5) is 13.2 Å². The number of halogens is 3. The Morgan fingerprint density at radius 1 is 1.17 bits per heavy atom. The van der Waals surface area contributed by atoms with Gasteiger partial charge in [0.2, 0.25) is 0 Å². The van der Waals surface area contributed by atoms with Crippen molar-refractivity contribution in [2.24, 2.45) is 5.92 Å². The van der Waals surface area contributed by atoms with E-state index in [-0.39, 0.29) is 0 Å². The summed E-state index contributed by atoms with van der Waals surface area (Å²) < 4.78 is 37.8. The van der Waals surface area contributed by atoms with Gasteiger partial charge in [-0.1, -0.05) is 0 Å². The number of carbonyl (C=O) groups is 1. The summed E-state index contributed by atoms with van der Waals surface area (Å²) in [6.45, 7) is 0. The van der Waals surface area contributed by atoms with E-state index in [0.29, 0.717) is 0 Å². The third-order valence-corrected chi connectivity index (χ3v) is 2.01. The van der Waals surface area contributed by atoms with Crippen LogP contribution in [0.3, 0.4) is 0 Å². The molecule has 1 saturated carbocycles. The van der Waals surface area contributed by atoms with Crippen LogP contribution in [0.25, 0.3) is 0 Å². The number of rotatable bonds is 1. The minimum Gasteiger partial charge on any atom is -0.550 e. The lowest BCUT2D eigenvalue weighted by Crippen LogP contribution is -2.47. The Bertz CT molecular complexity index is 173. The molecular weight excluding hydrogens is 173 g/mol. The van der Waals surface area contributed by atoms with Crippen molar-refractivity contribution in [3.8, 4) is 0 Å². The Morgan fingerprint density at radius 2 is 1.58 bits per heavy atom. The fourth-order valence-electron chi connectivity index (χ4n) is 1.40. The van der Waals surface area contributed by atoms with Crippen LogP contribution in [0.15, 0.2) is 0 Å². The van der Waals surface area contributed by atoms with Gasteiger partial charge in [-0.05, 0) is 0 Å². The molecule has 70 valence electrons. The zero-order chi connectivity index (χ0) is 9.30. The van der Waals surface area contributed by atoms with E-state index in [1.54, 1.807) is 0 Å². The van der Waals surface area contributed by atoms with Crippen molar-refractivity contribution in [3.05, 3.63) is 0 Å². The highest BCUT2D eigenvalue weighted by atomic mass is 19.2. The molecule has 1 aliphatic rings. The lowest BCUT2D eigenvalue weighted by atomic mass is 9.85. The molecule has 1 fully saturated rings. The maximum atomic E-state index is 12.7. The summed E-state index contributed by atoms with van der Waals surface area (Å²) in [6.07, 6.45) is -6.59. The summed E-state index contributed by atoms with van der Waals surface area (Å²) in [4.78, 5) is 10.2. The Balaban J connectivity index is 2.66. The van der Waals surface area contributed by atoms with Crippen molar-refractivity contribution in [2.75, 3.05) is 0 Å². The molecule has 2 unspecified atom stereocenters. The summed E-state index contributed by atoms with van der Waals surface area (Å²) in [5.41, 5.74) is 0. The number of aliphatic carboxylic acids is 1. The molecule has 0 aromatic rings. The summed E-state index contributed by atoms with van der Waals surface area (Å²) in [7, 11) is 0. The summed E-state index contributed by atoms with van der Waals surface area (Å²) in [6, 6.07) is 0. The normalized spacial score (nSPS) is 42.6. The number of alkyl halides is 3. The molecule has 0 amide bonds. The first-order chi connectivity index (χ1) is 5.52. The maximum absolute atomic E-state index is 12.7. The highest BCUT2D eigenvalue weighted by Gasteiger charge is 2.39. The Morgan fingerprint density at radius 3 is 1.92 bits per heavy atom. The highest BCUT2D eigenvalue weighted by Crippen LogP contribution is 2.31. The highest BCUT2D eigenvalue weighted by molar-refractivity contribution is 5.69. The third-order valence-electron chi connectivity index (χ3n) is 2.01. The van der Waals surface area contributed by atoms with Crippen LogP contribution in [0.5, 0.6) is 0 Å². The molecule has 0 radical (unpaired) electrons. The van der Waals surface area contributed by atoms with Crippen molar-refractivity contribution in [2.45, 2.75) is 31.4 Å². The van der Waals surface area contributed by atoms with Crippen molar-refractivity contribution in [1.29, 1.82) is 0 Å². The monoisotopic (exact) mass is 181 g/mol. The van der Waals surface area contributed by atoms with Crippen LogP contribution in [-0.2, 0) is 4.79 Å². The van der Waals surface area contributed by atoms with Crippen LogP contribution in [0.2, 0.25) is 0 Å². The average Bonchev–Trinajstić information content (AvgIpc) is 1.82. The molecule has 0 heterocycles. The average molecular weight is 181 g/mol. The van der Waals surface area contributed by atoms with E-state index >= 15 is 0 Å². The van der Waals surface area contributed by atoms with E-state index in [2.05, 4.69) is 0 Å². The van der Waals surface area contributed by atoms with Gasteiger partial charge < -0.3 is 9.90 Å². The molecule has 5 heteroatoms. The summed E-state index contributed by atoms with van der Waals surface area (Å²) in [5.74, 6) is -3.57. The number of carbonyl (C=O) groups excluding carboxylic acids is 1. The molecule has 0 aliphatic heterocycles. The van der Waals surface area contributed by atoms with Crippen molar-refractivity contribution in [3.63, 3.8) is 0 Å². The predicted octanol–water partition coefficient (Wildman–Crippen LogP) is 0.161. The first-order valence-electron chi connectivity index (χ1n) is 3.65. The van der Waals surface area contributed by atoms with Crippen molar-refractivity contribution >= 4 is 5.97 Å². The Kier molecular flexibility index (Phi) is 2.59. The van der Waals surface area contributed by atoms with E-state index < -0.39 is 43.2 Å². The first kappa shape index (κ1) is 9.35. The van der Waals surface area contributed by atoms with E-state index in [0.717, 1.165) is 0 Å². The molecule has 0 saturated heterocycles. The zero-order valence-electron chi connectivity index (χ0n) is 6.17. The van der Waals surface area contributed by atoms with E-state index in [9.17, 15) is 23.1 Å². The van der Waals surface area contributed by atoms with Crippen LogP contribution < -0.4 is 5.11 Å². The molecule has 0 bridgehead atoms. The topological polar surface area (TPSA) is 40.1 Å². The van der Waals surface area contributed by atoms with Crippen LogP contribution >= 0.6 is 0 Å². The van der Waals surface area contributed by atoms with Crippen molar-refractivity contribution in [1.82, 2.24) is 0 Å². The molecule has 1 aliphatic carbocycles. The molecular formula is C7H8F3O2-. The van der Waals surface area contributed by atoms with Crippen LogP contribution in [-0.4, -0.2) is 24.5 Å². The lowest BCUT2D eigenvalue weighted by molar-refractivity contribution is -0.316. The molecule has 1 rings (SSSR count). The summed E-state index contributed by atoms with van der Waals surface area (Å²) in [5, 5.41) is 10.2. The molecule has 0 aromatic carbocycles. The van der Waals surface area contributed by atoms with Crippen LogP contribution in [0, 0.1) is 5.92 Å². The molecule has 0 N–H and O–H groups in total. The fraction of sp³-hybridized carbons (Fsp3) is 0.857. The first-order valence-corrected chi connectivity index (χ1v) is 3.65. The van der Waals surface area contributed by atoms with E-state index in [1.807, 2.05) is 0 Å². The zero-order valence-corrected chi connectivity index (χ0v) is 6.17. The van der Waals surface area contributed by atoms with Gasteiger partial charge in [-0.2, -0.15) is 0 Å². The molecule has 0 aromatic heterocycles. The quantitative estimate of drug-likeness (QED) is 0.578. The lowest BCUT2D eigenvalue weighted by Gasteiger charge is -2.31. The molecule has 2 atom stereocenters. The van der Waals surface area contributed by atoms with Gasteiger partial charge in [0.25, 0.3) is 0 Å². The molecule has 12 heavy (non-hydrogen) atoms. The fourth-order valence-corrected chi connectivity index (χ4v) is 1.40. The second-order valence-electron chi connectivity index (χ2n) is 2.95. The number of carboxylic acids is 1. The third kappa shape index (κ3) is 1.70. The van der Waals surface area contributed by atoms with Gasteiger partial charge in [-0.3, -0.25) is 0 Å². The second kappa shape index (κ2) is 3.33.